The summed E-state index contributed by atoms with van der Waals surface area (Å²) in [4.78, 5) is 0. The van der Waals surface area contributed by atoms with Gasteiger partial charge in [0, 0.05) is 30.7 Å². The van der Waals surface area contributed by atoms with Crippen LogP contribution >= 0.6 is 0 Å². The van der Waals surface area contributed by atoms with Crippen LogP contribution in [0.25, 0.3) is 0 Å². The van der Waals surface area contributed by atoms with E-state index in [2.05, 4.69) is 5.32 Å². The molecule has 1 heterocycles. The van der Waals surface area contributed by atoms with Crippen molar-refractivity contribution in [3.05, 3.63) is 70.8 Å². The second kappa shape index (κ2) is 8.44. The molecule has 0 amide bonds. The van der Waals surface area contributed by atoms with Gasteiger partial charge in [0.15, 0.2) is 0 Å². The van der Waals surface area contributed by atoms with Crippen LogP contribution in [-0.2, 0) is 25.7 Å². The molecule has 32 heavy (non-hydrogen) atoms. The smallest absolute Gasteiger partial charge is 0.246 e. The molecule has 2 aromatic carbocycles. The fourth-order valence-electron chi connectivity index (χ4n) is 4.15. The Hall–Kier alpha value is -2.52. The zero-order valence-corrected chi connectivity index (χ0v) is 19.7. The monoisotopic (exact) mass is 465 g/mol. The lowest BCUT2D eigenvalue weighted by atomic mass is 9.82. The molecule has 2 aromatic rings. The lowest BCUT2D eigenvalue weighted by molar-refractivity contribution is 0.105. The van der Waals surface area contributed by atoms with E-state index in [1.54, 1.807) is 12.1 Å². The van der Waals surface area contributed by atoms with E-state index in [0.29, 0.717) is 24.8 Å². The van der Waals surface area contributed by atoms with Gasteiger partial charge in [0.25, 0.3) is 0 Å². The molecule has 0 bridgehead atoms. The number of nitrogens with zero attached hydrogens (tertiary/aromatic N) is 1. The Morgan fingerprint density at radius 1 is 1.19 bits per heavy atom. The molecule has 1 aliphatic rings. The third-order valence-corrected chi connectivity index (χ3v) is 8.33. The first-order valence-corrected chi connectivity index (χ1v) is 11.8. The molecule has 174 valence electrons. The molecular weight excluding hydrogens is 436 g/mol. The van der Waals surface area contributed by atoms with E-state index in [-0.39, 0.29) is 16.9 Å². The molecule has 1 saturated heterocycles. The minimum Gasteiger partial charge on any atom is -0.381 e. The largest absolute Gasteiger partial charge is 0.381 e. The Labute approximate surface area is 188 Å². The lowest BCUT2D eigenvalue weighted by Gasteiger charge is -2.46. The van der Waals surface area contributed by atoms with Gasteiger partial charge >= 0.3 is 0 Å². The number of sulfonamides is 1. The number of benzene rings is 2. The summed E-state index contributed by atoms with van der Waals surface area (Å²) in [5, 5.41) is 9.72. The van der Waals surface area contributed by atoms with Crippen molar-refractivity contribution in [2.75, 3.05) is 20.3 Å². The van der Waals surface area contributed by atoms with Gasteiger partial charge in [0.05, 0.1) is 12.1 Å². The number of hydrogen-bond donors (Lipinski definition) is 2. The molecule has 0 aromatic heterocycles. The minimum absolute atomic E-state index is 0.0360. The van der Waals surface area contributed by atoms with Gasteiger partial charge in [-0.15, -0.1) is 0 Å². The van der Waals surface area contributed by atoms with Crippen molar-refractivity contribution in [2.45, 2.75) is 43.9 Å². The topological polar surface area (TPSA) is 82.5 Å². The Balaban J connectivity index is 2.14. The summed E-state index contributed by atoms with van der Waals surface area (Å²) < 4.78 is 61.7. The summed E-state index contributed by atoms with van der Waals surface area (Å²) in [7, 11) is -2.81. The summed E-state index contributed by atoms with van der Waals surface area (Å²) in [5.74, 6) is -2.04. The average molecular weight is 466 g/mol. The highest BCUT2D eigenvalue weighted by molar-refractivity contribution is 7.90. The Bertz CT molecular complexity index is 1120. The number of halogens is 2. The summed E-state index contributed by atoms with van der Waals surface area (Å²) in [6.07, 6.45) is 0. The SMILES string of the molecule is CCOCC(C)(C)c1ccc([C@@H]2[C@@](C)(c3ccc(F)cc3F)NC(=N)N(C)S2(=O)=O)cc1. The van der Waals surface area contributed by atoms with Crippen LogP contribution in [0.3, 0.4) is 0 Å². The Morgan fingerprint density at radius 2 is 1.81 bits per heavy atom. The van der Waals surface area contributed by atoms with Gasteiger partial charge in [-0.05, 0) is 31.0 Å². The fourth-order valence-corrected chi connectivity index (χ4v) is 6.05. The molecule has 9 heteroatoms. The first-order valence-electron chi connectivity index (χ1n) is 10.3. The molecule has 0 aliphatic carbocycles. The highest BCUT2D eigenvalue weighted by Crippen LogP contribution is 2.45. The molecule has 1 aliphatic heterocycles. The van der Waals surface area contributed by atoms with Crippen molar-refractivity contribution < 1.29 is 21.9 Å². The highest BCUT2D eigenvalue weighted by Gasteiger charge is 2.53. The molecule has 0 saturated carbocycles. The van der Waals surface area contributed by atoms with Crippen molar-refractivity contribution in [3.8, 4) is 0 Å². The normalized spacial score (nSPS) is 23.2. The molecule has 3 rings (SSSR count). The molecular formula is C23H29F2N3O3S. The van der Waals surface area contributed by atoms with Gasteiger partial charge in [0.1, 0.15) is 16.9 Å². The van der Waals surface area contributed by atoms with Gasteiger partial charge in [-0.2, -0.15) is 0 Å². The zero-order valence-electron chi connectivity index (χ0n) is 18.9. The van der Waals surface area contributed by atoms with Crippen LogP contribution in [0, 0.1) is 17.0 Å². The van der Waals surface area contributed by atoms with E-state index in [1.165, 1.54) is 20.0 Å². The predicted octanol–water partition coefficient (Wildman–Crippen LogP) is 4.03. The van der Waals surface area contributed by atoms with Gasteiger partial charge in [0.2, 0.25) is 16.0 Å². The van der Waals surface area contributed by atoms with Crippen molar-refractivity contribution in [1.29, 1.82) is 5.41 Å². The van der Waals surface area contributed by atoms with Gasteiger partial charge < -0.3 is 10.1 Å². The third-order valence-electron chi connectivity index (χ3n) is 6.05. The quantitative estimate of drug-likeness (QED) is 0.675. The van der Waals surface area contributed by atoms with Crippen LogP contribution in [-0.4, -0.2) is 38.9 Å². The number of ether oxygens (including phenoxy) is 1. The standard InChI is InChI=1S/C23H29F2N3O3S/c1-6-31-14-22(2,3)16-9-7-15(8-10-16)20-23(4,18-12-11-17(24)13-19(18)25)27-21(26)28(5)32(20,29)30/h7-13,20H,6,14H2,1-5H3,(H2,26,27)/t20-,23-/m1/s1. The maximum Gasteiger partial charge on any atom is 0.246 e. The summed E-state index contributed by atoms with van der Waals surface area (Å²) in [5.41, 5.74) is -0.469. The van der Waals surface area contributed by atoms with Gasteiger partial charge in [-0.3, -0.25) is 5.41 Å². The van der Waals surface area contributed by atoms with E-state index in [0.717, 1.165) is 15.9 Å². The minimum atomic E-state index is -4.09. The fraction of sp³-hybridized carbons (Fsp3) is 0.435. The van der Waals surface area contributed by atoms with E-state index in [9.17, 15) is 17.2 Å². The Kier molecular flexibility index (Phi) is 6.36. The zero-order chi connectivity index (χ0) is 23.9. The van der Waals surface area contributed by atoms with Crippen molar-refractivity contribution >= 4 is 16.0 Å². The van der Waals surface area contributed by atoms with Gasteiger partial charge in [-0.1, -0.05) is 44.2 Å². The molecule has 0 unspecified atom stereocenters. The van der Waals surface area contributed by atoms with Gasteiger partial charge in [-0.25, -0.2) is 21.5 Å². The van der Waals surface area contributed by atoms with E-state index in [1.807, 2.05) is 32.9 Å². The maximum absolute atomic E-state index is 14.8. The van der Waals surface area contributed by atoms with Crippen LogP contribution in [0.4, 0.5) is 8.78 Å². The van der Waals surface area contributed by atoms with Crippen molar-refractivity contribution in [2.24, 2.45) is 0 Å². The summed E-state index contributed by atoms with van der Waals surface area (Å²) in [6, 6.07) is 10.1. The van der Waals surface area contributed by atoms with Crippen LogP contribution in [0.15, 0.2) is 42.5 Å². The van der Waals surface area contributed by atoms with Crippen LogP contribution < -0.4 is 5.32 Å². The van der Waals surface area contributed by atoms with Crippen molar-refractivity contribution in [1.82, 2.24) is 9.62 Å². The van der Waals surface area contributed by atoms with Crippen molar-refractivity contribution in [3.63, 3.8) is 0 Å². The number of rotatable bonds is 6. The highest BCUT2D eigenvalue weighted by atomic mass is 32.2. The summed E-state index contributed by atoms with van der Waals surface area (Å²) >= 11 is 0. The molecule has 2 N–H and O–H groups in total. The predicted molar refractivity (Wildman–Crippen MR) is 120 cm³/mol. The first-order chi connectivity index (χ1) is 14.8. The lowest BCUT2D eigenvalue weighted by Crippen LogP contribution is -2.62. The van der Waals surface area contributed by atoms with Crippen LogP contribution in [0.5, 0.6) is 0 Å². The average Bonchev–Trinajstić information content (AvgIpc) is 2.71. The maximum atomic E-state index is 14.8. The molecule has 2 atom stereocenters. The summed E-state index contributed by atoms with van der Waals surface area (Å²) in [6.45, 7) is 8.59. The number of hydrogen-bond acceptors (Lipinski definition) is 4. The number of guanidine groups is 1. The molecule has 1 fully saturated rings. The van der Waals surface area contributed by atoms with Crippen LogP contribution in [0.2, 0.25) is 0 Å². The number of nitrogens with one attached hydrogen (secondary N) is 2. The van der Waals surface area contributed by atoms with E-state index >= 15 is 0 Å². The second-order valence-corrected chi connectivity index (χ2v) is 10.9. The third kappa shape index (κ3) is 4.11. The van der Waals surface area contributed by atoms with E-state index in [4.69, 9.17) is 10.1 Å². The first kappa shape index (κ1) is 24.1. The second-order valence-electron chi connectivity index (χ2n) is 8.84. The molecule has 0 radical (unpaired) electrons. The van der Waals surface area contributed by atoms with E-state index < -0.39 is 32.4 Å². The van der Waals surface area contributed by atoms with Crippen LogP contribution in [0.1, 0.15) is 49.6 Å². The molecule has 0 spiro atoms. The molecule has 6 nitrogen and oxygen atoms in total. The Morgan fingerprint density at radius 3 is 2.38 bits per heavy atom.